The molecule has 1 N–H and O–H groups in total. The van der Waals surface area contributed by atoms with E-state index in [9.17, 15) is 14.4 Å². The number of aryl methyl sites for hydroxylation is 3. The molecule has 0 aromatic heterocycles. The van der Waals surface area contributed by atoms with Crippen LogP contribution in [0.2, 0.25) is 0 Å². The Hall–Kier alpha value is -3.29. The lowest BCUT2D eigenvalue weighted by molar-refractivity contribution is -0.408. The number of hydrogen-bond donors (Lipinski definition) is 1. The summed E-state index contributed by atoms with van der Waals surface area (Å²) in [6, 6.07) is 3.36. The second kappa shape index (κ2) is 8.83. The van der Waals surface area contributed by atoms with E-state index in [1.807, 2.05) is 46.8 Å². The number of nitrogens with one attached hydrogen (secondary N) is 1. The lowest BCUT2D eigenvalue weighted by Crippen LogP contribution is -2.56. The van der Waals surface area contributed by atoms with E-state index in [4.69, 9.17) is 4.74 Å². The third-order valence-electron chi connectivity index (χ3n) is 5.49. The molecule has 8 nitrogen and oxygen atoms in total. The van der Waals surface area contributed by atoms with Gasteiger partial charge in [-0.05, 0) is 45.2 Å². The van der Waals surface area contributed by atoms with Crippen LogP contribution >= 0.6 is 0 Å². The number of ether oxygens (including phenoxy) is 1. The molecule has 31 heavy (non-hydrogen) atoms. The zero-order valence-corrected chi connectivity index (χ0v) is 18.9. The van der Waals surface area contributed by atoms with Crippen molar-refractivity contribution < 1.29 is 23.7 Å². The van der Waals surface area contributed by atoms with Gasteiger partial charge in [0, 0.05) is 11.3 Å². The molecule has 164 valence electrons. The highest BCUT2D eigenvalue weighted by Crippen LogP contribution is 2.29. The predicted octanol–water partition coefficient (Wildman–Crippen LogP) is 2.95. The van der Waals surface area contributed by atoms with Gasteiger partial charge in [-0.2, -0.15) is 9.48 Å². The van der Waals surface area contributed by atoms with Crippen LogP contribution in [0.5, 0.6) is 0 Å². The van der Waals surface area contributed by atoms with Gasteiger partial charge in [0.15, 0.2) is 12.5 Å². The largest absolute Gasteiger partial charge is 0.496 e. The summed E-state index contributed by atoms with van der Waals surface area (Å²) in [5.41, 5.74) is 4.44. The molecule has 2 aliphatic rings. The molecule has 0 radical (unpaired) electrons. The smallest absolute Gasteiger partial charge is 0.446 e. The zero-order chi connectivity index (χ0) is 22.9. The molecule has 0 bridgehead atoms. The fourth-order valence-corrected chi connectivity index (χ4v) is 4.06. The molecule has 0 aliphatic carbocycles. The number of carbonyl (C=O) groups is 3. The maximum absolute atomic E-state index is 13.3. The van der Waals surface area contributed by atoms with Crippen LogP contribution in [0.1, 0.15) is 37.0 Å². The first-order valence-electron chi connectivity index (χ1n) is 10.4. The number of amidine groups is 1. The number of aliphatic imine (C=N–C) groups is 1. The van der Waals surface area contributed by atoms with Gasteiger partial charge in [-0.25, -0.2) is 4.79 Å². The Labute approximate surface area is 182 Å². The number of amides is 4. The number of imide groups is 1. The fourth-order valence-electron chi connectivity index (χ4n) is 4.06. The van der Waals surface area contributed by atoms with Crippen LogP contribution in [0.15, 0.2) is 28.5 Å². The Balaban J connectivity index is 1.90. The zero-order valence-electron chi connectivity index (χ0n) is 18.9. The third kappa shape index (κ3) is 4.15. The SMILES string of the molecule is CCOC1=C(CC)C=NC2=[N+](C)C(=O)N(CC(=O)Nc3c(C)cc(C)cc3C)C(=O)C12. The summed E-state index contributed by atoms with van der Waals surface area (Å²) in [5, 5.41) is 2.85. The Morgan fingerprint density at radius 2 is 1.84 bits per heavy atom. The molecule has 0 saturated heterocycles. The molecule has 0 saturated carbocycles. The Morgan fingerprint density at radius 1 is 1.19 bits per heavy atom. The van der Waals surface area contributed by atoms with E-state index in [0.717, 1.165) is 27.2 Å². The number of allylic oxidation sites excluding steroid dienone is 1. The first kappa shape index (κ1) is 22.4. The van der Waals surface area contributed by atoms with Gasteiger partial charge in [0.2, 0.25) is 0 Å². The number of nitrogens with zero attached hydrogens (tertiary/aromatic N) is 3. The molecular weight excluding hydrogens is 396 g/mol. The van der Waals surface area contributed by atoms with Crippen LogP contribution in [-0.2, 0) is 14.3 Å². The quantitative estimate of drug-likeness (QED) is 0.710. The number of rotatable bonds is 6. The number of urea groups is 1. The Morgan fingerprint density at radius 3 is 2.42 bits per heavy atom. The lowest BCUT2D eigenvalue weighted by atomic mass is 9.94. The number of benzene rings is 1. The van der Waals surface area contributed by atoms with Gasteiger partial charge in [-0.3, -0.25) is 9.59 Å². The molecule has 4 amide bonds. The number of anilines is 1. The summed E-state index contributed by atoms with van der Waals surface area (Å²) >= 11 is 0. The van der Waals surface area contributed by atoms with Crippen molar-refractivity contribution in [3.8, 4) is 0 Å². The first-order valence-corrected chi connectivity index (χ1v) is 10.4. The normalized spacial score (nSPS) is 18.5. The molecule has 8 heteroatoms. The average molecular weight is 426 g/mol. The van der Waals surface area contributed by atoms with Gasteiger partial charge >= 0.3 is 11.9 Å². The van der Waals surface area contributed by atoms with Crippen molar-refractivity contribution in [1.82, 2.24) is 4.90 Å². The van der Waals surface area contributed by atoms with Crippen molar-refractivity contribution in [2.45, 2.75) is 41.0 Å². The molecule has 1 aromatic rings. The number of dihydropyridines is 1. The van der Waals surface area contributed by atoms with Gasteiger partial charge in [0.05, 0.1) is 13.7 Å². The van der Waals surface area contributed by atoms with Gasteiger partial charge in [-0.15, -0.1) is 4.99 Å². The van der Waals surface area contributed by atoms with Crippen LogP contribution in [0, 0.1) is 26.7 Å². The lowest BCUT2D eigenvalue weighted by Gasteiger charge is -2.29. The molecular formula is C23H29N4O4+. The van der Waals surface area contributed by atoms with Crippen molar-refractivity contribution in [2.75, 3.05) is 25.5 Å². The molecule has 2 aliphatic heterocycles. The summed E-state index contributed by atoms with van der Waals surface area (Å²) < 4.78 is 7.09. The number of fused-ring (bicyclic) bond motifs is 1. The molecule has 1 aromatic carbocycles. The average Bonchev–Trinajstić information content (AvgIpc) is 2.72. The minimum atomic E-state index is -0.835. The fraction of sp³-hybridized carbons (Fsp3) is 0.435. The van der Waals surface area contributed by atoms with Crippen molar-refractivity contribution in [2.24, 2.45) is 10.9 Å². The highest BCUT2D eigenvalue weighted by atomic mass is 16.5. The van der Waals surface area contributed by atoms with Crippen LogP contribution in [0.3, 0.4) is 0 Å². The van der Waals surface area contributed by atoms with E-state index in [-0.39, 0.29) is 6.54 Å². The van der Waals surface area contributed by atoms with Crippen LogP contribution in [0.4, 0.5) is 10.5 Å². The minimum Gasteiger partial charge on any atom is -0.496 e. The van der Waals surface area contributed by atoms with E-state index in [2.05, 4.69) is 10.3 Å². The maximum atomic E-state index is 13.3. The summed E-state index contributed by atoms with van der Waals surface area (Å²) in [5.74, 6) is -0.965. The number of carbonyl (C=O) groups excluding carboxylic acids is 3. The van der Waals surface area contributed by atoms with Crippen LogP contribution < -0.4 is 5.32 Å². The predicted molar refractivity (Wildman–Crippen MR) is 119 cm³/mol. The molecule has 3 rings (SSSR count). The second-order valence-corrected chi connectivity index (χ2v) is 7.81. The monoisotopic (exact) mass is 425 g/mol. The third-order valence-corrected chi connectivity index (χ3v) is 5.49. The van der Waals surface area contributed by atoms with Crippen molar-refractivity contribution in [3.05, 3.63) is 40.2 Å². The van der Waals surface area contributed by atoms with Crippen molar-refractivity contribution in [3.63, 3.8) is 0 Å². The molecule has 1 unspecified atom stereocenters. The molecule has 1 atom stereocenters. The van der Waals surface area contributed by atoms with Crippen molar-refractivity contribution in [1.29, 1.82) is 0 Å². The summed E-state index contributed by atoms with van der Waals surface area (Å²) in [6.45, 7) is 9.59. The van der Waals surface area contributed by atoms with Gasteiger partial charge in [0.25, 0.3) is 11.7 Å². The second-order valence-electron chi connectivity index (χ2n) is 7.81. The Bertz CT molecular complexity index is 1030. The molecule has 2 heterocycles. The minimum absolute atomic E-state index is 0.317. The highest BCUT2D eigenvalue weighted by Gasteiger charge is 2.51. The van der Waals surface area contributed by atoms with Gasteiger partial charge in [-0.1, -0.05) is 24.6 Å². The van der Waals surface area contributed by atoms with Crippen LogP contribution in [0.25, 0.3) is 0 Å². The van der Waals surface area contributed by atoms with Gasteiger partial charge < -0.3 is 10.1 Å². The van der Waals surface area contributed by atoms with E-state index < -0.39 is 23.8 Å². The summed E-state index contributed by atoms with van der Waals surface area (Å²) in [4.78, 5) is 44.3. The Kier molecular flexibility index (Phi) is 6.38. The topological polar surface area (TPSA) is 91.1 Å². The van der Waals surface area contributed by atoms with E-state index >= 15 is 0 Å². The molecule has 0 fully saturated rings. The highest BCUT2D eigenvalue weighted by molar-refractivity contribution is 6.17. The first-order chi connectivity index (χ1) is 14.7. The van der Waals surface area contributed by atoms with E-state index in [1.54, 1.807) is 13.3 Å². The van der Waals surface area contributed by atoms with E-state index in [1.165, 1.54) is 4.58 Å². The summed E-state index contributed by atoms with van der Waals surface area (Å²) in [7, 11) is 1.55. The maximum Gasteiger partial charge on any atom is 0.446 e. The van der Waals surface area contributed by atoms with Gasteiger partial charge in [0.1, 0.15) is 12.0 Å². The van der Waals surface area contributed by atoms with E-state index in [0.29, 0.717) is 30.3 Å². The standard InChI is InChI=1S/C23H28N4O4/c1-7-16-11-24-21-18(20(16)31-8-2)22(29)27(23(30)26(21)6)12-17(28)25-19-14(4)9-13(3)10-15(19)5/h9-11,18H,7-8,12H2,1-6H3/p+1. The molecule has 0 spiro atoms. The van der Waals surface area contributed by atoms with Crippen LogP contribution in [-0.4, -0.2) is 59.6 Å². The van der Waals surface area contributed by atoms with Crippen molar-refractivity contribution >= 4 is 35.6 Å². The number of hydrogen-bond acceptors (Lipinski definition) is 5. The summed E-state index contributed by atoms with van der Waals surface area (Å²) in [6.07, 6.45) is 2.28.